The highest BCUT2D eigenvalue weighted by molar-refractivity contribution is 6.44. The number of carbonyl (C=O) groups excluding carboxylic acids is 1. The van der Waals surface area contributed by atoms with Crippen molar-refractivity contribution in [2.24, 2.45) is 17.3 Å². The molecule has 0 radical (unpaired) electrons. The van der Waals surface area contributed by atoms with Crippen LogP contribution < -0.4 is 4.74 Å². The number of para-hydroxylation sites is 1. The van der Waals surface area contributed by atoms with E-state index in [4.69, 9.17) is 32.7 Å². The Morgan fingerprint density at radius 3 is 2.55 bits per heavy atom. The third-order valence-corrected chi connectivity index (χ3v) is 5.67. The molecule has 3 unspecified atom stereocenters. The second-order valence-electron chi connectivity index (χ2n) is 7.58. The molecule has 3 atom stereocenters. The molecular weight excluding hydrogens is 416 g/mol. The molecule has 1 fully saturated rings. The molecule has 1 aliphatic rings. The van der Waals surface area contributed by atoms with Crippen LogP contribution in [0, 0.1) is 34.4 Å². The summed E-state index contributed by atoms with van der Waals surface area (Å²) < 4.78 is 25.1. The van der Waals surface area contributed by atoms with Crippen LogP contribution in [0.3, 0.4) is 0 Å². The Bertz CT molecular complexity index is 927. The quantitative estimate of drug-likeness (QED) is 0.384. The molecule has 29 heavy (non-hydrogen) atoms. The highest BCUT2D eigenvalue weighted by Crippen LogP contribution is 2.61. The average molecular weight is 436 g/mol. The number of esters is 1. The van der Waals surface area contributed by atoms with Crippen molar-refractivity contribution in [3.8, 4) is 17.6 Å². The summed E-state index contributed by atoms with van der Waals surface area (Å²) in [7, 11) is 0. The topological polar surface area (TPSA) is 59.3 Å². The van der Waals surface area contributed by atoms with Crippen molar-refractivity contribution < 1.29 is 18.7 Å². The minimum atomic E-state index is -1.18. The molecule has 4 nitrogen and oxygen atoms in total. The van der Waals surface area contributed by atoms with E-state index < -0.39 is 22.7 Å². The van der Waals surface area contributed by atoms with Gasteiger partial charge in [0.15, 0.2) is 11.6 Å². The highest BCUT2D eigenvalue weighted by atomic mass is 35.5. The van der Waals surface area contributed by atoms with E-state index >= 15 is 0 Å². The van der Waals surface area contributed by atoms with Crippen LogP contribution in [0.2, 0.25) is 0 Å². The lowest BCUT2D eigenvalue weighted by Crippen LogP contribution is -2.15. The molecule has 3 rings (SSSR count). The Balaban J connectivity index is 1.74. The molecule has 0 aliphatic heterocycles. The third-order valence-electron chi connectivity index (χ3n) is 5.32. The summed E-state index contributed by atoms with van der Waals surface area (Å²) in [5.74, 6) is -1.08. The van der Waals surface area contributed by atoms with Crippen LogP contribution in [0.1, 0.15) is 31.9 Å². The number of hydrogen-bond acceptors (Lipinski definition) is 4. The normalized spacial score (nSPS) is 20.6. The number of ether oxygens (including phenoxy) is 2. The maximum atomic E-state index is 14.2. The van der Waals surface area contributed by atoms with E-state index in [1.54, 1.807) is 24.3 Å². The fourth-order valence-corrected chi connectivity index (χ4v) is 3.96. The van der Waals surface area contributed by atoms with Crippen LogP contribution >= 0.6 is 23.2 Å². The van der Waals surface area contributed by atoms with Crippen molar-refractivity contribution in [2.45, 2.75) is 31.2 Å². The number of carbonyl (C=O) groups is 1. The molecule has 1 aliphatic carbocycles. The molecule has 0 N–H and O–H groups in total. The van der Waals surface area contributed by atoms with Crippen LogP contribution in [0.25, 0.3) is 0 Å². The molecule has 152 valence electrons. The zero-order valence-corrected chi connectivity index (χ0v) is 17.5. The minimum absolute atomic E-state index is 0.0143. The molecule has 0 heterocycles. The van der Waals surface area contributed by atoms with E-state index in [0.29, 0.717) is 17.7 Å². The smallest absolute Gasteiger partial charge is 0.311 e. The predicted octanol–water partition coefficient (Wildman–Crippen LogP) is 6.19. The van der Waals surface area contributed by atoms with Crippen molar-refractivity contribution in [1.29, 1.82) is 5.26 Å². The van der Waals surface area contributed by atoms with Gasteiger partial charge in [0, 0.05) is 5.56 Å². The highest BCUT2D eigenvalue weighted by Gasteiger charge is 2.62. The number of hydrogen-bond donors (Lipinski definition) is 0. The third kappa shape index (κ3) is 4.83. The molecule has 0 spiro atoms. The second-order valence-corrected chi connectivity index (χ2v) is 8.86. The van der Waals surface area contributed by atoms with Crippen LogP contribution in [0.15, 0.2) is 48.5 Å². The molecule has 7 heteroatoms. The van der Waals surface area contributed by atoms with E-state index in [2.05, 4.69) is 0 Å². The van der Waals surface area contributed by atoms with Crippen LogP contribution in [-0.4, -0.2) is 10.8 Å². The summed E-state index contributed by atoms with van der Waals surface area (Å²) in [6.07, 6.45) is -0.709. The van der Waals surface area contributed by atoms with Gasteiger partial charge in [-0.15, -0.1) is 23.2 Å². The lowest BCUT2D eigenvalue weighted by Gasteiger charge is -2.14. The number of rotatable bonds is 7. The molecule has 1 saturated carbocycles. The summed E-state index contributed by atoms with van der Waals surface area (Å²) in [4.78, 5) is 12.1. The molecule has 0 bridgehead atoms. The number of nitrogens with zero attached hydrogens (tertiary/aromatic N) is 1. The monoisotopic (exact) mass is 435 g/mol. The molecule has 2 aromatic carbocycles. The Morgan fingerprint density at radius 1 is 1.24 bits per heavy atom. The summed E-state index contributed by atoms with van der Waals surface area (Å²) in [5.41, 5.74) is 0.0273. The SMILES string of the molecule is CC1(C)C(CC(Cl)Cl)C1C(=O)OC(C#N)c1ccc(F)c(Oc2ccccc2)c1. The van der Waals surface area contributed by atoms with Gasteiger partial charge < -0.3 is 9.47 Å². The van der Waals surface area contributed by atoms with E-state index in [1.165, 1.54) is 18.2 Å². The predicted molar refractivity (Wildman–Crippen MR) is 108 cm³/mol. The van der Waals surface area contributed by atoms with Gasteiger partial charge in [0.25, 0.3) is 0 Å². The first-order valence-corrected chi connectivity index (χ1v) is 10.0. The summed E-state index contributed by atoms with van der Waals surface area (Å²) in [6, 6.07) is 14.6. The molecule has 0 aromatic heterocycles. The standard InChI is InChI=1S/C22H20Cl2FNO3/c1-22(2)15(11-19(23)24)20(22)21(27)29-18(12-26)13-8-9-16(25)17(10-13)28-14-6-4-3-5-7-14/h3-10,15,18-20H,11H2,1-2H3. The number of halogens is 3. The lowest BCUT2D eigenvalue weighted by molar-refractivity contribution is -0.149. The van der Waals surface area contributed by atoms with Crippen molar-refractivity contribution >= 4 is 29.2 Å². The fourth-order valence-electron chi connectivity index (χ4n) is 3.58. The molecular formula is C22H20Cl2FNO3. The first-order chi connectivity index (χ1) is 13.7. The van der Waals surface area contributed by atoms with E-state index in [-0.39, 0.29) is 23.0 Å². The average Bonchev–Trinajstić information content (AvgIpc) is 3.21. The van der Waals surface area contributed by atoms with E-state index in [0.717, 1.165) is 0 Å². The van der Waals surface area contributed by atoms with Gasteiger partial charge in [0.1, 0.15) is 16.7 Å². The zero-order chi connectivity index (χ0) is 21.2. The van der Waals surface area contributed by atoms with Gasteiger partial charge in [-0.2, -0.15) is 5.26 Å². The molecule has 0 amide bonds. The first-order valence-electron chi connectivity index (χ1n) is 9.14. The zero-order valence-electron chi connectivity index (χ0n) is 15.9. The van der Waals surface area contributed by atoms with Crippen LogP contribution in [-0.2, 0) is 9.53 Å². The van der Waals surface area contributed by atoms with Crippen molar-refractivity contribution in [2.75, 3.05) is 0 Å². The van der Waals surface area contributed by atoms with Gasteiger partial charge >= 0.3 is 5.97 Å². The maximum absolute atomic E-state index is 14.2. The Hall–Kier alpha value is -2.29. The van der Waals surface area contributed by atoms with Gasteiger partial charge in [0.05, 0.1) is 5.92 Å². The number of benzene rings is 2. The van der Waals surface area contributed by atoms with E-state index in [1.807, 2.05) is 26.0 Å². The lowest BCUT2D eigenvalue weighted by atomic mass is 10.1. The van der Waals surface area contributed by atoms with Crippen molar-refractivity contribution in [1.82, 2.24) is 0 Å². The first kappa shape index (κ1) is 21.4. The van der Waals surface area contributed by atoms with Gasteiger partial charge in [-0.05, 0) is 42.0 Å². The largest absolute Gasteiger partial charge is 0.454 e. The van der Waals surface area contributed by atoms with E-state index in [9.17, 15) is 14.4 Å². The molecule has 2 aromatic rings. The van der Waals surface area contributed by atoms with Gasteiger partial charge in [-0.25, -0.2) is 4.39 Å². The van der Waals surface area contributed by atoms with Gasteiger partial charge in [0.2, 0.25) is 6.10 Å². The van der Waals surface area contributed by atoms with Crippen LogP contribution in [0.5, 0.6) is 11.5 Å². The maximum Gasteiger partial charge on any atom is 0.311 e. The fraction of sp³-hybridized carbons (Fsp3) is 0.364. The Morgan fingerprint density at radius 2 is 1.93 bits per heavy atom. The number of alkyl halides is 2. The van der Waals surface area contributed by atoms with Crippen LogP contribution in [0.4, 0.5) is 4.39 Å². The van der Waals surface area contributed by atoms with Gasteiger partial charge in [-0.3, -0.25) is 4.79 Å². The van der Waals surface area contributed by atoms with Gasteiger partial charge in [-0.1, -0.05) is 38.1 Å². The Labute approximate surface area is 179 Å². The Kier molecular flexibility index (Phi) is 6.36. The summed E-state index contributed by atoms with van der Waals surface area (Å²) in [5, 5.41) is 9.52. The minimum Gasteiger partial charge on any atom is -0.454 e. The van der Waals surface area contributed by atoms with Crippen molar-refractivity contribution in [3.05, 3.63) is 59.9 Å². The number of nitriles is 1. The second kappa shape index (κ2) is 8.61. The van der Waals surface area contributed by atoms with Crippen molar-refractivity contribution in [3.63, 3.8) is 0 Å². The summed E-state index contributed by atoms with van der Waals surface area (Å²) in [6.45, 7) is 3.87. The summed E-state index contributed by atoms with van der Waals surface area (Å²) >= 11 is 11.7. The molecule has 0 saturated heterocycles.